The van der Waals surface area contributed by atoms with E-state index in [2.05, 4.69) is 17.5 Å². The number of nitrogens with zero attached hydrogens (tertiary/aromatic N) is 3. The number of rotatable bonds is 9. The minimum Gasteiger partial charge on any atom is -0.277 e. The maximum atomic E-state index is 12.9. The quantitative estimate of drug-likeness (QED) is 0.390. The number of nitrogens with one attached hydrogen (secondary N) is 1. The predicted molar refractivity (Wildman–Crippen MR) is 110 cm³/mol. The summed E-state index contributed by atoms with van der Waals surface area (Å²) in [5.41, 5.74) is 4.64. The Balaban J connectivity index is 2.37. The standard InChI is InChI=1S/C19H24N4O4S/c1-4-15-7-9-16(10-8-15)14-20-21-18-12-11-17(23(24)25)13-19(18)28(26,27)22(5-2)6-3/h7-14,21H,4-6H2,1-3H3. The Hall–Kier alpha value is -2.78. The number of anilines is 1. The third-order valence-corrected chi connectivity index (χ3v) is 6.38. The fourth-order valence-corrected chi connectivity index (χ4v) is 4.27. The number of nitro groups is 1. The van der Waals surface area contributed by atoms with Gasteiger partial charge < -0.3 is 0 Å². The van der Waals surface area contributed by atoms with Gasteiger partial charge in [0, 0.05) is 25.2 Å². The highest BCUT2D eigenvalue weighted by molar-refractivity contribution is 7.89. The average Bonchev–Trinajstić information content (AvgIpc) is 2.69. The van der Waals surface area contributed by atoms with Gasteiger partial charge in [0.2, 0.25) is 10.0 Å². The lowest BCUT2D eigenvalue weighted by Crippen LogP contribution is -2.31. The summed E-state index contributed by atoms with van der Waals surface area (Å²) in [6.07, 6.45) is 2.50. The SMILES string of the molecule is CCc1ccc(C=NNc2ccc([N+](=O)[O-])cc2S(=O)(=O)N(CC)CC)cc1. The van der Waals surface area contributed by atoms with Crippen LogP contribution in [0.5, 0.6) is 0 Å². The van der Waals surface area contributed by atoms with E-state index in [-0.39, 0.29) is 29.4 Å². The number of sulfonamides is 1. The van der Waals surface area contributed by atoms with Gasteiger partial charge in [0.05, 0.1) is 16.8 Å². The fraction of sp³-hybridized carbons (Fsp3) is 0.316. The molecule has 0 aliphatic rings. The molecular formula is C19H24N4O4S. The summed E-state index contributed by atoms with van der Waals surface area (Å²) in [4.78, 5) is 10.3. The molecule has 0 spiro atoms. The highest BCUT2D eigenvalue weighted by Crippen LogP contribution is 2.29. The molecular weight excluding hydrogens is 380 g/mol. The number of non-ortho nitro benzene ring substituents is 1. The minimum absolute atomic E-state index is 0.177. The van der Waals surface area contributed by atoms with Crippen molar-refractivity contribution in [1.82, 2.24) is 4.31 Å². The lowest BCUT2D eigenvalue weighted by atomic mass is 10.1. The molecule has 0 atom stereocenters. The first-order valence-electron chi connectivity index (χ1n) is 9.00. The Morgan fingerprint density at radius 3 is 2.29 bits per heavy atom. The first-order chi connectivity index (χ1) is 13.3. The molecule has 0 aliphatic heterocycles. The van der Waals surface area contributed by atoms with Crippen LogP contribution in [0, 0.1) is 10.1 Å². The molecule has 0 saturated heterocycles. The zero-order chi connectivity index (χ0) is 20.7. The van der Waals surface area contributed by atoms with Gasteiger partial charge in [0.1, 0.15) is 4.90 Å². The number of hydrogen-bond donors (Lipinski definition) is 1. The van der Waals surface area contributed by atoms with E-state index < -0.39 is 14.9 Å². The molecule has 2 aromatic rings. The lowest BCUT2D eigenvalue weighted by molar-refractivity contribution is -0.385. The van der Waals surface area contributed by atoms with Crippen molar-refractivity contribution in [2.24, 2.45) is 5.10 Å². The molecule has 1 N–H and O–H groups in total. The summed E-state index contributed by atoms with van der Waals surface area (Å²) in [7, 11) is -3.90. The summed E-state index contributed by atoms with van der Waals surface area (Å²) in [6.45, 7) is 6.01. The van der Waals surface area contributed by atoms with Crippen LogP contribution >= 0.6 is 0 Å². The van der Waals surface area contributed by atoms with Crippen molar-refractivity contribution in [1.29, 1.82) is 0 Å². The van der Waals surface area contributed by atoms with Crippen molar-refractivity contribution in [3.8, 4) is 0 Å². The first-order valence-corrected chi connectivity index (χ1v) is 10.4. The summed E-state index contributed by atoms with van der Waals surface area (Å²) in [6, 6.07) is 11.5. The Labute approximate surface area is 165 Å². The van der Waals surface area contributed by atoms with E-state index in [0.717, 1.165) is 18.1 Å². The second kappa shape index (κ2) is 9.43. The molecule has 150 valence electrons. The van der Waals surface area contributed by atoms with Crippen molar-refractivity contribution in [2.45, 2.75) is 32.1 Å². The van der Waals surface area contributed by atoms with Crippen LogP contribution in [0.1, 0.15) is 31.9 Å². The molecule has 0 amide bonds. The summed E-state index contributed by atoms with van der Waals surface area (Å²) in [5, 5.41) is 15.2. The summed E-state index contributed by atoms with van der Waals surface area (Å²) in [5.74, 6) is 0. The van der Waals surface area contributed by atoms with Crippen molar-refractivity contribution in [2.75, 3.05) is 18.5 Å². The van der Waals surface area contributed by atoms with E-state index in [0.29, 0.717) is 0 Å². The van der Waals surface area contributed by atoms with Crippen molar-refractivity contribution in [3.63, 3.8) is 0 Å². The van der Waals surface area contributed by atoms with Crippen LogP contribution in [0.4, 0.5) is 11.4 Å². The van der Waals surface area contributed by atoms with Gasteiger partial charge in [-0.2, -0.15) is 9.41 Å². The molecule has 0 bridgehead atoms. The fourth-order valence-electron chi connectivity index (χ4n) is 2.65. The first kappa shape index (κ1) is 21.5. The number of aryl methyl sites for hydroxylation is 1. The Bertz CT molecular complexity index is 952. The monoisotopic (exact) mass is 404 g/mol. The highest BCUT2D eigenvalue weighted by Gasteiger charge is 2.27. The maximum Gasteiger partial charge on any atom is 0.270 e. The third kappa shape index (κ3) is 4.93. The van der Waals surface area contributed by atoms with Gasteiger partial charge in [-0.1, -0.05) is 45.0 Å². The largest absolute Gasteiger partial charge is 0.277 e. The normalized spacial score (nSPS) is 11.9. The van der Waals surface area contributed by atoms with Crippen LogP contribution in [0.25, 0.3) is 0 Å². The van der Waals surface area contributed by atoms with Crippen LogP contribution in [-0.4, -0.2) is 37.0 Å². The smallest absolute Gasteiger partial charge is 0.270 e. The summed E-state index contributed by atoms with van der Waals surface area (Å²) >= 11 is 0. The number of hydrazone groups is 1. The predicted octanol–water partition coefficient (Wildman–Crippen LogP) is 3.63. The van der Waals surface area contributed by atoms with Gasteiger partial charge in [-0.25, -0.2) is 8.42 Å². The molecule has 2 aromatic carbocycles. The zero-order valence-corrected chi connectivity index (χ0v) is 16.9. The van der Waals surface area contributed by atoms with E-state index >= 15 is 0 Å². The number of benzene rings is 2. The third-order valence-electron chi connectivity index (χ3n) is 4.29. The molecule has 0 saturated carbocycles. The van der Waals surface area contributed by atoms with E-state index in [1.807, 2.05) is 24.3 Å². The van der Waals surface area contributed by atoms with Gasteiger partial charge in [0.15, 0.2) is 0 Å². The molecule has 0 heterocycles. The van der Waals surface area contributed by atoms with Crippen LogP contribution in [0.2, 0.25) is 0 Å². The molecule has 0 aliphatic carbocycles. The minimum atomic E-state index is -3.90. The molecule has 0 fully saturated rings. The molecule has 8 nitrogen and oxygen atoms in total. The second-order valence-electron chi connectivity index (χ2n) is 5.99. The van der Waals surface area contributed by atoms with Crippen LogP contribution < -0.4 is 5.43 Å². The van der Waals surface area contributed by atoms with Crippen LogP contribution in [-0.2, 0) is 16.4 Å². The Morgan fingerprint density at radius 2 is 1.75 bits per heavy atom. The van der Waals surface area contributed by atoms with E-state index in [1.165, 1.54) is 22.0 Å². The van der Waals surface area contributed by atoms with Gasteiger partial charge >= 0.3 is 0 Å². The van der Waals surface area contributed by atoms with Gasteiger partial charge in [-0.15, -0.1) is 0 Å². The van der Waals surface area contributed by atoms with E-state index in [9.17, 15) is 18.5 Å². The number of nitro benzene ring substituents is 1. The van der Waals surface area contributed by atoms with Crippen molar-refractivity contribution in [3.05, 3.63) is 63.7 Å². The van der Waals surface area contributed by atoms with E-state index in [1.54, 1.807) is 20.1 Å². The van der Waals surface area contributed by atoms with Crippen LogP contribution in [0.15, 0.2) is 52.5 Å². The van der Waals surface area contributed by atoms with Crippen molar-refractivity contribution < 1.29 is 13.3 Å². The second-order valence-corrected chi connectivity index (χ2v) is 7.90. The highest BCUT2D eigenvalue weighted by atomic mass is 32.2. The molecule has 9 heteroatoms. The average molecular weight is 404 g/mol. The maximum absolute atomic E-state index is 12.9. The molecule has 28 heavy (non-hydrogen) atoms. The molecule has 0 radical (unpaired) electrons. The molecule has 0 aromatic heterocycles. The van der Waals surface area contributed by atoms with E-state index in [4.69, 9.17) is 0 Å². The number of hydrogen-bond acceptors (Lipinski definition) is 6. The summed E-state index contributed by atoms with van der Waals surface area (Å²) < 4.78 is 27.1. The van der Waals surface area contributed by atoms with Crippen molar-refractivity contribution >= 4 is 27.6 Å². The Kier molecular flexibility index (Phi) is 7.24. The van der Waals surface area contributed by atoms with Crippen LogP contribution in [0.3, 0.4) is 0 Å². The van der Waals surface area contributed by atoms with Gasteiger partial charge in [0.25, 0.3) is 5.69 Å². The molecule has 2 rings (SSSR count). The molecule has 0 unspecified atom stereocenters. The zero-order valence-electron chi connectivity index (χ0n) is 16.1. The Morgan fingerprint density at radius 1 is 1.11 bits per heavy atom. The van der Waals surface area contributed by atoms with Gasteiger partial charge in [-0.3, -0.25) is 15.5 Å². The lowest BCUT2D eigenvalue weighted by Gasteiger charge is -2.20. The van der Waals surface area contributed by atoms with Gasteiger partial charge in [-0.05, 0) is 23.6 Å². The topological polar surface area (TPSA) is 105 Å².